The van der Waals surface area contributed by atoms with E-state index in [-0.39, 0.29) is 0 Å². The Kier molecular flexibility index (Phi) is 5.62. The molecule has 1 aromatic rings. The average Bonchev–Trinajstić information content (AvgIpc) is 2.67. The highest BCUT2D eigenvalue weighted by molar-refractivity contribution is 5.40. The predicted octanol–water partition coefficient (Wildman–Crippen LogP) is 4.13. The minimum atomic E-state index is 0.310. The second-order valence-electron chi connectivity index (χ2n) is 5.87. The smallest absolute Gasteiger partial charge is 0.218 e. The van der Waals surface area contributed by atoms with Crippen LogP contribution in [-0.2, 0) is 0 Å². The lowest BCUT2D eigenvalue weighted by Gasteiger charge is -2.18. The van der Waals surface area contributed by atoms with Crippen LogP contribution in [0.5, 0.6) is 5.88 Å². The third kappa shape index (κ3) is 4.36. The van der Waals surface area contributed by atoms with Gasteiger partial charge in [-0.05, 0) is 19.8 Å². The number of hydrogen-bond donors (Lipinski definition) is 1. The topological polar surface area (TPSA) is 47.0 Å². The van der Waals surface area contributed by atoms with Gasteiger partial charge in [-0.1, -0.05) is 39.5 Å². The van der Waals surface area contributed by atoms with Crippen LogP contribution in [0.25, 0.3) is 0 Å². The van der Waals surface area contributed by atoms with Crippen LogP contribution in [0, 0.1) is 0 Å². The van der Waals surface area contributed by atoms with Gasteiger partial charge >= 0.3 is 0 Å². The van der Waals surface area contributed by atoms with Crippen molar-refractivity contribution in [3.63, 3.8) is 0 Å². The Morgan fingerprint density at radius 3 is 2.50 bits per heavy atom. The van der Waals surface area contributed by atoms with Gasteiger partial charge in [-0.3, -0.25) is 0 Å². The molecule has 112 valence electrons. The van der Waals surface area contributed by atoms with Crippen LogP contribution in [0.2, 0.25) is 0 Å². The molecule has 1 fully saturated rings. The minimum absolute atomic E-state index is 0.310. The molecular weight excluding hydrogens is 250 g/mol. The van der Waals surface area contributed by atoms with Gasteiger partial charge in [0.05, 0.1) is 6.61 Å². The van der Waals surface area contributed by atoms with Crippen molar-refractivity contribution in [3.05, 3.63) is 11.9 Å². The fourth-order valence-corrected chi connectivity index (χ4v) is 2.63. The van der Waals surface area contributed by atoms with Gasteiger partial charge in [0.2, 0.25) is 5.88 Å². The Bertz CT molecular complexity index is 412. The van der Waals surface area contributed by atoms with Crippen molar-refractivity contribution < 1.29 is 4.74 Å². The molecule has 20 heavy (non-hydrogen) atoms. The molecule has 1 aliphatic rings. The molecule has 0 atom stereocenters. The summed E-state index contributed by atoms with van der Waals surface area (Å²) in [6.07, 6.45) is 7.85. The fraction of sp³-hybridized carbons (Fsp3) is 0.750. The van der Waals surface area contributed by atoms with E-state index >= 15 is 0 Å². The molecule has 0 radical (unpaired) electrons. The van der Waals surface area contributed by atoms with Gasteiger partial charge in [0.1, 0.15) is 11.6 Å². The SMILES string of the molecule is CCOc1cc(NC2CCCCCC2)nc(C(C)C)n1. The molecule has 1 aliphatic carbocycles. The van der Waals surface area contributed by atoms with Gasteiger partial charge < -0.3 is 10.1 Å². The molecule has 0 aromatic carbocycles. The van der Waals surface area contributed by atoms with Crippen LogP contribution < -0.4 is 10.1 Å². The summed E-state index contributed by atoms with van der Waals surface area (Å²) >= 11 is 0. The van der Waals surface area contributed by atoms with Crippen LogP contribution in [0.4, 0.5) is 5.82 Å². The maximum atomic E-state index is 5.56. The number of anilines is 1. The highest BCUT2D eigenvalue weighted by Gasteiger charge is 2.15. The van der Waals surface area contributed by atoms with E-state index in [2.05, 4.69) is 29.1 Å². The summed E-state index contributed by atoms with van der Waals surface area (Å²) in [5.74, 6) is 2.76. The summed E-state index contributed by atoms with van der Waals surface area (Å²) in [7, 11) is 0. The van der Waals surface area contributed by atoms with E-state index in [1.54, 1.807) is 0 Å². The van der Waals surface area contributed by atoms with Gasteiger partial charge in [-0.2, -0.15) is 4.98 Å². The van der Waals surface area contributed by atoms with Crippen molar-refractivity contribution in [3.8, 4) is 5.88 Å². The highest BCUT2D eigenvalue weighted by Crippen LogP contribution is 2.23. The van der Waals surface area contributed by atoms with E-state index in [4.69, 9.17) is 4.74 Å². The standard InChI is InChI=1S/C16H27N3O/c1-4-20-15-11-14(18-16(19-15)12(2)3)17-13-9-7-5-6-8-10-13/h11-13H,4-10H2,1-3H3,(H,17,18,19). The molecule has 1 N–H and O–H groups in total. The Labute approximate surface area is 122 Å². The number of rotatable bonds is 5. The molecule has 1 heterocycles. The van der Waals surface area contributed by atoms with E-state index in [0.717, 1.165) is 11.6 Å². The number of ether oxygens (including phenoxy) is 1. The van der Waals surface area contributed by atoms with E-state index in [1.807, 2.05) is 13.0 Å². The second-order valence-corrected chi connectivity index (χ2v) is 5.87. The molecule has 0 bridgehead atoms. The zero-order chi connectivity index (χ0) is 14.4. The van der Waals surface area contributed by atoms with Gasteiger partial charge in [-0.25, -0.2) is 4.98 Å². The number of hydrogen-bond acceptors (Lipinski definition) is 4. The van der Waals surface area contributed by atoms with Crippen LogP contribution in [0.15, 0.2) is 6.07 Å². The maximum absolute atomic E-state index is 5.56. The van der Waals surface area contributed by atoms with Gasteiger partial charge in [-0.15, -0.1) is 0 Å². The van der Waals surface area contributed by atoms with Crippen LogP contribution in [0.3, 0.4) is 0 Å². The van der Waals surface area contributed by atoms with Crippen molar-refractivity contribution in [2.45, 2.75) is 71.3 Å². The molecule has 4 heteroatoms. The molecule has 0 amide bonds. The first-order valence-corrected chi connectivity index (χ1v) is 7.97. The Morgan fingerprint density at radius 1 is 1.20 bits per heavy atom. The van der Waals surface area contributed by atoms with E-state index in [0.29, 0.717) is 24.4 Å². The molecule has 0 aliphatic heterocycles. The lowest BCUT2D eigenvalue weighted by atomic mass is 10.1. The molecule has 2 rings (SSSR count). The van der Waals surface area contributed by atoms with Crippen LogP contribution in [-0.4, -0.2) is 22.6 Å². The maximum Gasteiger partial charge on any atom is 0.218 e. The molecule has 1 saturated carbocycles. The monoisotopic (exact) mass is 277 g/mol. The summed E-state index contributed by atoms with van der Waals surface area (Å²) in [5, 5.41) is 3.58. The molecule has 0 spiro atoms. The lowest BCUT2D eigenvalue weighted by molar-refractivity contribution is 0.324. The molecule has 4 nitrogen and oxygen atoms in total. The average molecular weight is 277 g/mol. The molecular formula is C16H27N3O. The zero-order valence-corrected chi connectivity index (χ0v) is 13.0. The lowest BCUT2D eigenvalue weighted by Crippen LogP contribution is -2.20. The zero-order valence-electron chi connectivity index (χ0n) is 13.0. The number of nitrogens with zero attached hydrogens (tertiary/aromatic N) is 2. The number of nitrogens with one attached hydrogen (secondary N) is 1. The van der Waals surface area contributed by atoms with Crippen molar-refractivity contribution in [2.24, 2.45) is 0 Å². The van der Waals surface area contributed by atoms with Crippen LogP contribution in [0.1, 0.15) is 71.0 Å². The predicted molar refractivity (Wildman–Crippen MR) is 82.4 cm³/mol. The largest absolute Gasteiger partial charge is 0.478 e. The summed E-state index contributed by atoms with van der Waals surface area (Å²) in [6.45, 7) is 6.84. The molecule has 0 unspecified atom stereocenters. The van der Waals surface area contributed by atoms with Crippen molar-refractivity contribution in [1.29, 1.82) is 0 Å². The third-order valence-electron chi connectivity index (χ3n) is 3.74. The Balaban J connectivity index is 2.12. The quantitative estimate of drug-likeness (QED) is 0.822. The van der Waals surface area contributed by atoms with Crippen molar-refractivity contribution in [2.75, 3.05) is 11.9 Å². The van der Waals surface area contributed by atoms with E-state index < -0.39 is 0 Å². The van der Waals surface area contributed by atoms with Crippen molar-refractivity contribution >= 4 is 5.82 Å². The van der Waals surface area contributed by atoms with Crippen molar-refractivity contribution in [1.82, 2.24) is 9.97 Å². The fourth-order valence-electron chi connectivity index (χ4n) is 2.63. The summed E-state index contributed by atoms with van der Waals surface area (Å²) in [6, 6.07) is 2.47. The van der Waals surface area contributed by atoms with Gasteiger partial charge in [0.25, 0.3) is 0 Å². The summed E-state index contributed by atoms with van der Waals surface area (Å²) in [4.78, 5) is 9.10. The van der Waals surface area contributed by atoms with Gasteiger partial charge in [0, 0.05) is 18.0 Å². The molecule has 1 aromatic heterocycles. The Hall–Kier alpha value is -1.32. The van der Waals surface area contributed by atoms with E-state index in [1.165, 1.54) is 38.5 Å². The summed E-state index contributed by atoms with van der Waals surface area (Å²) in [5.41, 5.74) is 0. The second kappa shape index (κ2) is 7.46. The number of aromatic nitrogens is 2. The summed E-state index contributed by atoms with van der Waals surface area (Å²) < 4.78 is 5.56. The first-order valence-electron chi connectivity index (χ1n) is 7.97. The van der Waals surface area contributed by atoms with Gasteiger partial charge in [0.15, 0.2) is 0 Å². The third-order valence-corrected chi connectivity index (χ3v) is 3.74. The Morgan fingerprint density at radius 2 is 1.90 bits per heavy atom. The molecule has 0 saturated heterocycles. The highest BCUT2D eigenvalue weighted by atomic mass is 16.5. The minimum Gasteiger partial charge on any atom is -0.478 e. The first-order chi connectivity index (χ1) is 9.69. The van der Waals surface area contributed by atoms with Crippen LogP contribution >= 0.6 is 0 Å². The van der Waals surface area contributed by atoms with E-state index in [9.17, 15) is 0 Å². The normalized spacial score (nSPS) is 17.0. The first kappa shape index (κ1) is 15.1.